The van der Waals surface area contributed by atoms with Crippen molar-refractivity contribution in [1.82, 2.24) is 4.57 Å². The molecule has 0 unspecified atom stereocenters. The Morgan fingerprint density at radius 2 is 1.88 bits per heavy atom. The number of fused-ring (bicyclic) bond motifs is 1. The molecular formula is C24H20N2O6. The number of rotatable bonds is 6. The maximum absolute atomic E-state index is 12.9. The molecule has 1 aliphatic rings. The molecule has 0 saturated heterocycles. The number of Topliss-reactive ketones (excluding diaryl/α,β-unsaturated/α-hetero) is 1. The largest absolute Gasteiger partial charge is 0.494 e. The molecule has 1 aliphatic heterocycles. The Bertz CT molecular complexity index is 1300. The van der Waals surface area contributed by atoms with Gasteiger partial charge in [0.15, 0.2) is 18.1 Å². The molecule has 2 heterocycles. The highest BCUT2D eigenvalue weighted by Gasteiger charge is 2.25. The SMILES string of the molecule is Cc1ccc(OCC(=O)c2c(C)c(C#N)c(=O)n(Cc3ccc4c(c3)OCO4)c2O)cc1. The summed E-state index contributed by atoms with van der Waals surface area (Å²) in [5, 5.41) is 20.4. The Kier molecular flexibility index (Phi) is 5.56. The first-order valence-electron chi connectivity index (χ1n) is 9.86. The molecule has 0 amide bonds. The molecular weight excluding hydrogens is 412 g/mol. The topological polar surface area (TPSA) is 111 Å². The maximum atomic E-state index is 12.9. The van der Waals surface area contributed by atoms with Gasteiger partial charge in [-0.15, -0.1) is 0 Å². The summed E-state index contributed by atoms with van der Waals surface area (Å²) in [7, 11) is 0. The van der Waals surface area contributed by atoms with E-state index in [1.54, 1.807) is 30.3 Å². The fraction of sp³-hybridized carbons (Fsp3) is 0.208. The van der Waals surface area contributed by atoms with Crippen LogP contribution >= 0.6 is 0 Å². The van der Waals surface area contributed by atoms with Crippen molar-refractivity contribution in [3.05, 3.63) is 80.6 Å². The zero-order valence-electron chi connectivity index (χ0n) is 17.5. The summed E-state index contributed by atoms with van der Waals surface area (Å²) in [5.41, 5.74) is 0.793. The van der Waals surface area contributed by atoms with Crippen LogP contribution in [0.25, 0.3) is 0 Å². The summed E-state index contributed by atoms with van der Waals surface area (Å²) in [6, 6.07) is 14.1. The average Bonchev–Trinajstić information content (AvgIpc) is 3.24. The molecule has 0 bridgehead atoms. The lowest BCUT2D eigenvalue weighted by Gasteiger charge is -2.16. The van der Waals surface area contributed by atoms with Gasteiger partial charge in [0.2, 0.25) is 18.5 Å². The van der Waals surface area contributed by atoms with E-state index >= 15 is 0 Å². The number of nitrogens with zero attached hydrogens (tertiary/aromatic N) is 2. The molecule has 32 heavy (non-hydrogen) atoms. The third kappa shape index (κ3) is 3.88. The van der Waals surface area contributed by atoms with Gasteiger partial charge in [0.1, 0.15) is 17.4 Å². The van der Waals surface area contributed by atoms with E-state index in [9.17, 15) is 20.0 Å². The summed E-state index contributed by atoms with van der Waals surface area (Å²) in [6.07, 6.45) is 0. The highest BCUT2D eigenvalue weighted by atomic mass is 16.7. The Morgan fingerprint density at radius 1 is 1.16 bits per heavy atom. The van der Waals surface area contributed by atoms with Crippen LogP contribution in [0.15, 0.2) is 47.3 Å². The number of aryl methyl sites for hydroxylation is 1. The average molecular weight is 432 g/mol. The second-order valence-electron chi connectivity index (χ2n) is 7.41. The van der Waals surface area contributed by atoms with Gasteiger partial charge in [-0.2, -0.15) is 5.26 Å². The first-order chi connectivity index (χ1) is 15.4. The van der Waals surface area contributed by atoms with Crippen molar-refractivity contribution in [3.63, 3.8) is 0 Å². The Morgan fingerprint density at radius 3 is 2.59 bits per heavy atom. The predicted molar refractivity (Wildman–Crippen MR) is 114 cm³/mol. The molecule has 0 atom stereocenters. The highest BCUT2D eigenvalue weighted by Crippen LogP contribution is 2.33. The van der Waals surface area contributed by atoms with Crippen molar-refractivity contribution in [2.75, 3.05) is 13.4 Å². The summed E-state index contributed by atoms with van der Waals surface area (Å²) in [6.45, 7) is 3.08. The van der Waals surface area contributed by atoms with E-state index in [0.29, 0.717) is 22.8 Å². The number of ether oxygens (including phenoxy) is 3. The van der Waals surface area contributed by atoms with E-state index in [0.717, 1.165) is 10.1 Å². The minimum Gasteiger partial charge on any atom is -0.494 e. The third-order valence-electron chi connectivity index (χ3n) is 5.25. The minimum absolute atomic E-state index is 0.0602. The molecule has 0 spiro atoms. The first-order valence-corrected chi connectivity index (χ1v) is 9.86. The smallest absolute Gasteiger partial charge is 0.271 e. The second kappa shape index (κ2) is 8.47. The van der Waals surface area contributed by atoms with Crippen LogP contribution in [0.3, 0.4) is 0 Å². The van der Waals surface area contributed by atoms with Gasteiger partial charge in [0.05, 0.1) is 12.1 Å². The monoisotopic (exact) mass is 432 g/mol. The van der Waals surface area contributed by atoms with Crippen molar-refractivity contribution in [3.8, 4) is 29.2 Å². The van der Waals surface area contributed by atoms with Gasteiger partial charge in [-0.1, -0.05) is 23.8 Å². The number of hydrogen-bond donors (Lipinski definition) is 1. The van der Waals surface area contributed by atoms with Gasteiger partial charge in [0.25, 0.3) is 5.56 Å². The number of ketones is 1. The summed E-state index contributed by atoms with van der Waals surface area (Å²) in [4.78, 5) is 25.8. The van der Waals surface area contributed by atoms with Crippen LogP contribution in [0.2, 0.25) is 0 Å². The first kappa shape index (κ1) is 21.0. The molecule has 0 aliphatic carbocycles. The van der Waals surface area contributed by atoms with Crippen LogP contribution < -0.4 is 19.8 Å². The van der Waals surface area contributed by atoms with Gasteiger partial charge in [0, 0.05) is 0 Å². The second-order valence-corrected chi connectivity index (χ2v) is 7.41. The highest BCUT2D eigenvalue weighted by molar-refractivity contribution is 6.01. The summed E-state index contributed by atoms with van der Waals surface area (Å²) >= 11 is 0. The zero-order chi connectivity index (χ0) is 22.8. The van der Waals surface area contributed by atoms with Crippen molar-refractivity contribution < 1.29 is 24.1 Å². The van der Waals surface area contributed by atoms with Gasteiger partial charge in [-0.25, -0.2) is 0 Å². The van der Waals surface area contributed by atoms with E-state index < -0.39 is 17.2 Å². The minimum atomic E-state index is -0.684. The van der Waals surface area contributed by atoms with Crippen LogP contribution in [-0.4, -0.2) is 28.9 Å². The Balaban J connectivity index is 1.68. The fourth-order valence-electron chi connectivity index (χ4n) is 3.51. The summed E-state index contributed by atoms with van der Waals surface area (Å²) < 4.78 is 17.2. The quantitative estimate of drug-likeness (QED) is 0.596. The van der Waals surface area contributed by atoms with Gasteiger partial charge >= 0.3 is 0 Å². The lowest BCUT2D eigenvalue weighted by atomic mass is 10.0. The fourth-order valence-corrected chi connectivity index (χ4v) is 3.51. The van der Waals surface area contributed by atoms with Crippen molar-refractivity contribution >= 4 is 5.78 Å². The molecule has 1 aromatic heterocycles. The maximum Gasteiger partial charge on any atom is 0.271 e. The van der Waals surface area contributed by atoms with E-state index in [-0.39, 0.29) is 36.6 Å². The molecule has 2 aromatic carbocycles. The third-order valence-corrected chi connectivity index (χ3v) is 5.25. The van der Waals surface area contributed by atoms with Crippen LogP contribution in [0, 0.1) is 25.2 Å². The van der Waals surface area contributed by atoms with E-state index in [1.165, 1.54) is 6.92 Å². The molecule has 0 saturated carbocycles. The lowest BCUT2D eigenvalue weighted by molar-refractivity contribution is 0.0916. The number of pyridine rings is 1. The summed E-state index contributed by atoms with van der Waals surface area (Å²) in [5.74, 6) is 0.537. The molecule has 8 heteroatoms. The lowest BCUT2D eigenvalue weighted by Crippen LogP contribution is -2.28. The predicted octanol–water partition coefficient (Wildman–Crippen LogP) is 3.08. The molecule has 8 nitrogen and oxygen atoms in total. The number of carbonyl (C=O) groups is 1. The van der Waals surface area contributed by atoms with Crippen LogP contribution in [0.1, 0.15) is 32.6 Å². The Hall–Kier alpha value is -4.25. The molecule has 1 N–H and O–H groups in total. The number of aromatic nitrogens is 1. The molecule has 4 rings (SSSR count). The standard InChI is InChI=1S/C24H20N2O6/c1-14-3-6-17(7-4-14)30-12-19(27)22-15(2)18(10-25)23(28)26(24(22)29)11-16-5-8-20-21(9-16)32-13-31-20/h3-9,29H,11-13H2,1-2H3. The van der Waals surface area contributed by atoms with Crippen LogP contribution in [0.4, 0.5) is 0 Å². The zero-order valence-corrected chi connectivity index (χ0v) is 17.5. The van der Waals surface area contributed by atoms with E-state index in [2.05, 4.69) is 0 Å². The molecule has 3 aromatic rings. The van der Waals surface area contributed by atoms with Crippen molar-refractivity contribution in [2.45, 2.75) is 20.4 Å². The van der Waals surface area contributed by atoms with Crippen LogP contribution in [-0.2, 0) is 6.54 Å². The van der Waals surface area contributed by atoms with E-state index in [4.69, 9.17) is 14.2 Å². The van der Waals surface area contributed by atoms with Gasteiger partial charge < -0.3 is 19.3 Å². The molecule has 0 fully saturated rings. The number of hydrogen-bond acceptors (Lipinski definition) is 7. The Labute approximate surface area is 183 Å². The molecule has 0 radical (unpaired) electrons. The number of aromatic hydroxyl groups is 1. The van der Waals surface area contributed by atoms with Crippen LogP contribution in [0.5, 0.6) is 23.1 Å². The number of benzene rings is 2. The van der Waals surface area contributed by atoms with Crippen molar-refractivity contribution in [2.24, 2.45) is 0 Å². The molecule has 162 valence electrons. The number of carbonyl (C=O) groups excluding carboxylic acids is 1. The normalized spacial score (nSPS) is 11.8. The van der Waals surface area contributed by atoms with Crippen molar-refractivity contribution in [1.29, 1.82) is 5.26 Å². The number of nitriles is 1. The van der Waals surface area contributed by atoms with Gasteiger partial charge in [-0.3, -0.25) is 14.2 Å². The van der Waals surface area contributed by atoms with Gasteiger partial charge in [-0.05, 0) is 49.2 Å². The van der Waals surface area contributed by atoms with E-state index in [1.807, 2.05) is 25.1 Å².